The van der Waals surface area contributed by atoms with Crippen LogP contribution in [0.25, 0.3) is 0 Å². The van der Waals surface area contributed by atoms with E-state index >= 15 is 0 Å². The molecule has 1 rings (SSSR count). The van der Waals surface area contributed by atoms with Crippen molar-refractivity contribution in [3.8, 4) is 0 Å². The first-order valence-electron chi connectivity index (χ1n) is 4.44. The molecule has 0 spiro atoms. The summed E-state index contributed by atoms with van der Waals surface area (Å²) in [4.78, 5) is 0. The summed E-state index contributed by atoms with van der Waals surface area (Å²) in [6.07, 6.45) is 5.51. The van der Waals surface area contributed by atoms with Crippen LogP contribution in [0.1, 0.15) is 12.0 Å². The van der Waals surface area contributed by atoms with Crippen LogP contribution in [-0.2, 0) is 23.0 Å². The van der Waals surface area contributed by atoms with Gasteiger partial charge in [0.1, 0.15) is 9.84 Å². The van der Waals surface area contributed by atoms with Crippen molar-refractivity contribution in [2.24, 2.45) is 0 Å². The summed E-state index contributed by atoms with van der Waals surface area (Å²) in [6.45, 7) is 0.701. The quantitative estimate of drug-likeness (QED) is 0.777. The van der Waals surface area contributed by atoms with Gasteiger partial charge in [-0.25, -0.2) is 8.42 Å². The zero-order valence-electron chi connectivity index (χ0n) is 8.18. The molecule has 1 N–H and O–H groups in total. The van der Waals surface area contributed by atoms with Gasteiger partial charge in [0.15, 0.2) is 0 Å². The summed E-state index contributed by atoms with van der Waals surface area (Å²) >= 11 is 0. The van der Waals surface area contributed by atoms with Gasteiger partial charge in [-0.15, -0.1) is 0 Å². The lowest BCUT2D eigenvalue weighted by atomic mass is 10.4. The fourth-order valence-electron chi connectivity index (χ4n) is 1.23. The zero-order chi connectivity index (χ0) is 10.6. The third kappa shape index (κ3) is 3.93. The Balaban J connectivity index is 2.39. The second-order valence-electron chi connectivity index (χ2n) is 3.40. The third-order valence-electron chi connectivity index (χ3n) is 1.93. The minimum absolute atomic E-state index is 0.0269. The predicted octanol–water partition coefficient (Wildman–Crippen LogP) is 0.415. The first kappa shape index (κ1) is 11.3. The van der Waals surface area contributed by atoms with E-state index in [1.165, 1.54) is 6.26 Å². The van der Waals surface area contributed by atoms with Crippen LogP contribution in [0.5, 0.6) is 0 Å². The van der Waals surface area contributed by atoms with E-state index in [0.29, 0.717) is 13.0 Å². The molecule has 0 bridgehead atoms. The first-order chi connectivity index (χ1) is 6.51. The topological polar surface area (TPSA) is 59.3 Å². The molecule has 0 saturated carbocycles. The van der Waals surface area contributed by atoms with Crippen molar-refractivity contribution < 1.29 is 13.5 Å². The molecule has 1 heterocycles. The number of aliphatic hydroxyl groups excluding tert-OH is 1. The summed E-state index contributed by atoms with van der Waals surface area (Å²) < 4.78 is 23.6. The van der Waals surface area contributed by atoms with Crippen LogP contribution in [0.15, 0.2) is 18.5 Å². The van der Waals surface area contributed by atoms with Gasteiger partial charge in [0, 0.05) is 25.2 Å². The minimum Gasteiger partial charge on any atom is -0.392 e. The van der Waals surface area contributed by atoms with E-state index in [-0.39, 0.29) is 12.4 Å². The van der Waals surface area contributed by atoms with E-state index in [2.05, 4.69) is 0 Å². The molecule has 0 saturated heterocycles. The number of hydrogen-bond acceptors (Lipinski definition) is 3. The van der Waals surface area contributed by atoms with Crippen molar-refractivity contribution in [3.05, 3.63) is 24.0 Å². The van der Waals surface area contributed by atoms with E-state index < -0.39 is 9.84 Å². The van der Waals surface area contributed by atoms with Gasteiger partial charge in [-0.1, -0.05) is 0 Å². The molecule has 0 aromatic carbocycles. The second-order valence-corrected chi connectivity index (χ2v) is 5.66. The highest BCUT2D eigenvalue weighted by Gasteiger charge is 2.01. The van der Waals surface area contributed by atoms with Crippen LogP contribution in [-0.4, -0.2) is 30.1 Å². The highest BCUT2D eigenvalue weighted by atomic mass is 32.2. The van der Waals surface area contributed by atoms with Crippen molar-refractivity contribution in [3.63, 3.8) is 0 Å². The largest absolute Gasteiger partial charge is 0.392 e. The molecule has 0 radical (unpaired) electrons. The zero-order valence-corrected chi connectivity index (χ0v) is 9.00. The number of rotatable bonds is 5. The van der Waals surface area contributed by atoms with Gasteiger partial charge in [0.25, 0.3) is 0 Å². The summed E-state index contributed by atoms with van der Waals surface area (Å²) in [5.74, 6) is 0.208. The molecule has 4 nitrogen and oxygen atoms in total. The molecule has 1 aromatic rings. The Bertz CT molecular complexity index is 381. The SMILES string of the molecule is CS(=O)(=O)CCCn1ccc(CO)c1. The summed E-state index contributed by atoms with van der Waals surface area (Å²) in [7, 11) is -2.86. The molecule has 0 atom stereocenters. The molecular weight excluding hydrogens is 202 g/mol. The standard InChI is InChI=1S/C9H15NO3S/c1-14(12,13)6-2-4-10-5-3-9(7-10)8-11/h3,5,7,11H,2,4,6,8H2,1H3. The van der Waals surface area contributed by atoms with Crippen LogP contribution >= 0.6 is 0 Å². The van der Waals surface area contributed by atoms with Crippen LogP contribution in [0.2, 0.25) is 0 Å². The maximum absolute atomic E-state index is 10.8. The predicted molar refractivity (Wildman–Crippen MR) is 54.7 cm³/mol. The van der Waals surface area contributed by atoms with Crippen LogP contribution in [0, 0.1) is 0 Å². The molecule has 1 aromatic heterocycles. The van der Waals surface area contributed by atoms with Crippen molar-refractivity contribution >= 4 is 9.84 Å². The monoisotopic (exact) mass is 217 g/mol. The van der Waals surface area contributed by atoms with Crippen molar-refractivity contribution in [1.29, 1.82) is 0 Å². The highest BCUT2D eigenvalue weighted by molar-refractivity contribution is 7.90. The van der Waals surface area contributed by atoms with Crippen molar-refractivity contribution in [1.82, 2.24) is 4.57 Å². The van der Waals surface area contributed by atoms with E-state index in [4.69, 9.17) is 5.11 Å². The Labute approximate surface area is 84.1 Å². The number of aromatic nitrogens is 1. The van der Waals surface area contributed by atoms with Crippen molar-refractivity contribution in [2.45, 2.75) is 19.6 Å². The summed E-state index contributed by atoms with van der Waals surface area (Å²) in [5, 5.41) is 8.80. The lowest BCUT2D eigenvalue weighted by Gasteiger charge is -2.01. The third-order valence-corrected chi connectivity index (χ3v) is 2.96. The number of hydrogen-bond donors (Lipinski definition) is 1. The number of aryl methyl sites for hydroxylation is 1. The molecule has 0 amide bonds. The fraction of sp³-hybridized carbons (Fsp3) is 0.556. The Hall–Kier alpha value is -0.810. The van der Waals surface area contributed by atoms with Gasteiger partial charge in [-0.05, 0) is 18.1 Å². The molecule has 0 fully saturated rings. The fourth-order valence-corrected chi connectivity index (χ4v) is 1.89. The lowest BCUT2D eigenvalue weighted by molar-refractivity contribution is 0.281. The van der Waals surface area contributed by atoms with Gasteiger partial charge in [0.2, 0.25) is 0 Å². The van der Waals surface area contributed by atoms with E-state index in [0.717, 1.165) is 5.56 Å². The number of nitrogens with zero attached hydrogens (tertiary/aromatic N) is 1. The molecule has 14 heavy (non-hydrogen) atoms. The Morgan fingerprint density at radius 2 is 2.21 bits per heavy atom. The Morgan fingerprint density at radius 3 is 2.71 bits per heavy atom. The van der Waals surface area contributed by atoms with Crippen LogP contribution in [0.4, 0.5) is 0 Å². The molecule has 0 aliphatic heterocycles. The van der Waals surface area contributed by atoms with Gasteiger partial charge >= 0.3 is 0 Å². The summed E-state index contributed by atoms with van der Waals surface area (Å²) in [6, 6.07) is 1.82. The van der Waals surface area contributed by atoms with E-state index in [1.54, 1.807) is 0 Å². The van der Waals surface area contributed by atoms with E-state index in [9.17, 15) is 8.42 Å². The van der Waals surface area contributed by atoms with Crippen LogP contribution in [0.3, 0.4) is 0 Å². The van der Waals surface area contributed by atoms with Crippen LogP contribution < -0.4 is 0 Å². The van der Waals surface area contributed by atoms with Gasteiger partial charge in [0.05, 0.1) is 12.4 Å². The second kappa shape index (κ2) is 4.61. The lowest BCUT2D eigenvalue weighted by Crippen LogP contribution is -2.06. The maximum Gasteiger partial charge on any atom is 0.147 e. The molecule has 80 valence electrons. The minimum atomic E-state index is -2.86. The average Bonchev–Trinajstić information content (AvgIpc) is 2.50. The molecule has 0 unspecified atom stereocenters. The normalized spacial score (nSPS) is 11.9. The van der Waals surface area contributed by atoms with E-state index in [1.807, 2.05) is 23.0 Å². The number of sulfone groups is 1. The molecular formula is C9H15NO3S. The summed E-state index contributed by atoms with van der Waals surface area (Å²) in [5.41, 5.74) is 0.851. The highest BCUT2D eigenvalue weighted by Crippen LogP contribution is 2.02. The van der Waals surface area contributed by atoms with Crippen molar-refractivity contribution in [2.75, 3.05) is 12.0 Å². The molecule has 0 aliphatic rings. The Kier molecular flexibility index (Phi) is 3.71. The molecule has 5 heteroatoms. The number of aliphatic hydroxyl groups is 1. The smallest absolute Gasteiger partial charge is 0.147 e. The van der Waals surface area contributed by atoms with Gasteiger partial charge < -0.3 is 9.67 Å². The first-order valence-corrected chi connectivity index (χ1v) is 6.50. The maximum atomic E-state index is 10.8. The van der Waals surface area contributed by atoms with Gasteiger partial charge in [-0.2, -0.15) is 0 Å². The Morgan fingerprint density at radius 1 is 1.50 bits per heavy atom. The molecule has 0 aliphatic carbocycles. The van der Waals surface area contributed by atoms with Gasteiger partial charge in [-0.3, -0.25) is 0 Å². The average molecular weight is 217 g/mol.